The number of ether oxygens (including phenoxy) is 1. The molecule has 176 valence electrons. The predicted molar refractivity (Wildman–Crippen MR) is 123 cm³/mol. The summed E-state index contributed by atoms with van der Waals surface area (Å²) in [5.74, 6) is -1.29. The predicted octanol–water partition coefficient (Wildman–Crippen LogP) is 2.28. The Morgan fingerprint density at radius 1 is 1.22 bits per heavy atom. The van der Waals surface area contributed by atoms with Crippen LogP contribution in [0.1, 0.15) is 27.0 Å². The lowest BCUT2D eigenvalue weighted by molar-refractivity contribution is 0.0600. The molecule has 1 atom stereocenters. The lowest BCUT2D eigenvalue weighted by Gasteiger charge is -2.27. The van der Waals surface area contributed by atoms with Gasteiger partial charge in [-0.05, 0) is 29.7 Å². The Labute approximate surface area is 196 Å². The highest BCUT2D eigenvalue weighted by molar-refractivity contribution is 7.76. The SMILES string of the molecule is COC(=O)c1ccc(CN(CCc2cccc(CN3CCNCC3)c2)S(=O)[O-])c(F)c1.Cl. The van der Waals surface area contributed by atoms with Gasteiger partial charge in [0.1, 0.15) is 5.82 Å². The minimum atomic E-state index is -2.50. The highest BCUT2D eigenvalue weighted by Crippen LogP contribution is 2.16. The van der Waals surface area contributed by atoms with E-state index >= 15 is 0 Å². The normalized spacial score (nSPS) is 15.2. The van der Waals surface area contributed by atoms with Crippen molar-refractivity contribution in [2.75, 3.05) is 39.8 Å². The first-order chi connectivity index (χ1) is 15.0. The van der Waals surface area contributed by atoms with E-state index in [4.69, 9.17) is 0 Å². The van der Waals surface area contributed by atoms with E-state index in [1.807, 2.05) is 12.1 Å². The lowest BCUT2D eigenvalue weighted by Crippen LogP contribution is -2.42. The number of carbonyl (C=O) groups excluding carboxylic acids is 1. The summed E-state index contributed by atoms with van der Waals surface area (Å²) in [6.07, 6.45) is 0.519. The number of rotatable bonds is 9. The Bertz CT molecular complexity index is 928. The van der Waals surface area contributed by atoms with E-state index in [9.17, 15) is 17.9 Å². The van der Waals surface area contributed by atoms with Crippen molar-refractivity contribution in [3.05, 3.63) is 70.5 Å². The Morgan fingerprint density at radius 3 is 2.59 bits per heavy atom. The molecule has 1 fully saturated rings. The number of benzene rings is 2. The van der Waals surface area contributed by atoms with Crippen LogP contribution < -0.4 is 5.32 Å². The van der Waals surface area contributed by atoms with Crippen LogP contribution in [0.15, 0.2) is 42.5 Å². The molecule has 32 heavy (non-hydrogen) atoms. The van der Waals surface area contributed by atoms with Gasteiger partial charge in [-0.3, -0.25) is 9.11 Å². The zero-order chi connectivity index (χ0) is 22.2. The third-order valence-electron chi connectivity index (χ3n) is 5.29. The molecule has 1 aliphatic heterocycles. The molecule has 0 spiro atoms. The van der Waals surface area contributed by atoms with Crippen LogP contribution in [-0.2, 0) is 35.5 Å². The van der Waals surface area contributed by atoms with Gasteiger partial charge in [0.2, 0.25) is 0 Å². The number of methoxy groups -OCH3 is 1. The quantitative estimate of drug-likeness (QED) is 0.434. The van der Waals surface area contributed by atoms with Crippen molar-refractivity contribution in [3.8, 4) is 0 Å². The summed E-state index contributed by atoms with van der Waals surface area (Å²) in [4.78, 5) is 13.9. The van der Waals surface area contributed by atoms with Gasteiger partial charge in [0.05, 0.1) is 12.7 Å². The Morgan fingerprint density at radius 2 is 1.94 bits per heavy atom. The summed E-state index contributed by atoms with van der Waals surface area (Å²) in [6.45, 7) is 4.98. The summed E-state index contributed by atoms with van der Waals surface area (Å²) < 4.78 is 43.5. The van der Waals surface area contributed by atoms with Crippen molar-refractivity contribution in [2.45, 2.75) is 19.5 Å². The number of nitrogens with zero attached hydrogens (tertiary/aromatic N) is 2. The van der Waals surface area contributed by atoms with E-state index in [1.165, 1.54) is 29.1 Å². The summed E-state index contributed by atoms with van der Waals surface area (Å²) in [6, 6.07) is 12.0. The van der Waals surface area contributed by atoms with E-state index in [-0.39, 0.29) is 36.6 Å². The van der Waals surface area contributed by atoms with Crippen LogP contribution >= 0.6 is 12.4 Å². The van der Waals surface area contributed by atoms with E-state index in [1.54, 1.807) is 0 Å². The summed E-state index contributed by atoms with van der Waals surface area (Å²) in [5, 5.41) is 3.34. The largest absolute Gasteiger partial charge is 0.760 e. The van der Waals surface area contributed by atoms with Gasteiger partial charge in [0, 0.05) is 62.6 Å². The minimum absolute atomic E-state index is 0. The van der Waals surface area contributed by atoms with E-state index < -0.39 is 23.1 Å². The Kier molecular flexibility index (Phi) is 10.7. The number of piperazine rings is 1. The molecule has 0 saturated carbocycles. The van der Waals surface area contributed by atoms with E-state index in [0.29, 0.717) is 6.42 Å². The molecule has 0 aromatic heterocycles. The van der Waals surface area contributed by atoms with Gasteiger partial charge in [-0.25, -0.2) is 13.5 Å². The smallest absolute Gasteiger partial charge is 0.337 e. The highest BCUT2D eigenvalue weighted by Gasteiger charge is 2.14. The van der Waals surface area contributed by atoms with Crippen molar-refractivity contribution in [2.24, 2.45) is 0 Å². The fraction of sp³-hybridized carbons (Fsp3) is 0.409. The van der Waals surface area contributed by atoms with Crippen molar-refractivity contribution in [1.29, 1.82) is 0 Å². The Balaban J connectivity index is 0.00000363. The number of nitrogens with one attached hydrogen (secondary N) is 1. The van der Waals surface area contributed by atoms with Gasteiger partial charge >= 0.3 is 5.97 Å². The molecular formula is C22H28ClFN3O4S-. The van der Waals surface area contributed by atoms with Crippen molar-refractivity contribution in [3.63, 3.8) is 0 Å². The number of hydrogen-bond acceptors (Lipinski definition) is 6. The second-order valence-electron chi connectivity index (χ2n) is 7.47. The molecule has 0 aliphatic carbocycles. The van der Waals surface area contributed by atoms with E-state index in [2.05, 4.69) is 27.1 Å². The first-order valence-electron chi connectivity index (χ1n) is 10.2. The van der Waals surface area contributed by atoms with Crippen molar-refractivity contribution < 1.29 is 22.7 Å². The molecule has 1 saturated heterocycles. The maximum absolute atomic E-state index is 14.4. The lowest BCUT2D eigenvalue weighted by atomic mass is 10.1. The minimum Gasteiger partial charge on any atom is -0.760 e. The molecule has 0 amide bonds. The average molecular weight is 485 g/mol. The number of esters is 1. The average Bonchev–Trinajstić information content (AvgIpc) is 2.77. The summed E-state index contributed by atoms with van der Waals surface area (Å²) >= 11 is -2.50. The molecule has 3 rings (SSSR count). The molecule has 2 aromatic carbocycles. The third-order valence-corrected chi connectivity index (χ3v) is 6.02. The second-order valence-corrected chi connectivity index (χ2v) is 8.43. The monoisotopic (exact) mass is 484 g/mol. The fourth-order valence-electron chi connectivity index (χ4n) is 3.58. The maximum atomic E-state index is 14.4. The van der Waals surface area contributed by atoms with Gasteiger partial charge in [-0.1, -0.05) is 30.3 Å². The zero-order valence-corrected chi connectivity index (χ0v) is 19.6. The Hall–Kier alpha value is -1.88. The van der Waals surface area contributed by atoms with Crippen LogP contribution in [0.25, 0.3) is 0 Å². The molecule has 0 bridgehead atoms. The zero-order valence-electron chi connectivity index (χ0n) is 17.9. The van der Waals surface area contributed by atoms with Crippen LogP contribution in [0, 0.1) is 5.82 Å². The molecule has 1 aliphatic rings. The molecule has 10 heteroatoms. The molecule has 2 aromatic rings. The maximum Gasteiger partial charge on any atom is 0.337 e. The molecular weight excluding hydrogens is 457 g/mol. The van der Waals surface area contributed by atoms with Crippen molar-refractivity contribution >= 4 is 29.6 Å². The van der Waals surface area contributed by atoms with Gasteiger partial charge in [0.25, 0.3) is 0 Å². The van der Waals surface area contributed by atoms with Gasteiger partial charge in [-0.15, -0.1) is 12.4 Å². The van der Waals surface area contributed by atoms with Crippen LogP contribution in [0.3, 0.4) is 0 Å². The van der Waals surface area contributed by atoms with Crippen LogP contribution in [0.2, 0.25) is 0 Å². The summed E-state index contributed by atoms with van der Waals surface area (Å²) in [5.41, 5.74) is 2.51. The first kappa shape index (κ1) is 26.4. The van der Waals surface area contributed by atoms with Gasteiger partial charge < -0.3 is 14.6 Å². The van der Waals surface area contributed by atoms with Gasteiger partial charge in [0.15, 0.2) is 0 Å². The van der Waals surface area contributed by atoms with Crippen molar-refractivity contribution in [1.82, 2.24) is 14.5 Å². The van der Waals surface area contributed by atoms with E-state index in [0.717, 1.165) is 44.4 Å². The highest BCUT2D eigenvalue weighted by atomic mass is 35.5. The fourth-order valence-corrected chi connectivity index (χ4v) is 4.07. The molecule has 1 unspecified atom stereocenters. The van der Waals surface area contributed by atoms with Gasteiger partial charge in [-0.2, -0.15) is 0 Å². The number of carbonyl (C=O) groups is 1. The molecule has 1 N–H and O–H groups in total. The topological polar surface area (TPSA) is 84.9 Å². The van der Waals surface area contributed by atoms with Crippen LogP contribution in [0.5, 0.6) is 0 Å². The molecule has 7 nitrogen and oxygen atoms in total. The summed E-state index contributed by atoms with van der Waals surface area (Å²) in [7, 11) is 1.22. The molecule has 0 radical (unpaired) electrons. The van der Waals surface area contributed by atoms with Crippen LogP contribution in [0.4, 0.5) is 4.39 Å². The molecule has 1 heterocycles. The first-order valence-corrected chi connectivity index (χ1v) is 11.2. The number of hydrogen-bond donors (Lipinski definition) is 1. The van der Waals surface area contributed by atoms with Crippen LogP contribution in [-0.4, -0.2) is 63.8 Å². The number of halogens is 2. The third kappa shape index (κ3) is 7.61. The second kappa shape index (κ2) is 13.0. The standard InChI is InChI=1S/C22H28FN3O4S.ClH/c1-30-22(27)19-5-6-20(21(23)14-19)16-26(31(28)29)10-7-17-3-2-4-18(13-17)15-25-11-8-24-9-12-25;/h2-6,13-14,24H,7-12,15-16H2,1H3,(H,28,29);1H/p-1.